The normalized spacial score (nSPS) is 11.2. The summed E-state index contributed by atoms with van der Waals surface area (Å²) in [4.78, 5) is 10.3. The first-order valence-corrected chi connectivity index (χ1v) is 4.36. The van der Waals surface area contributed by atoms with Gasteiger partial charge < -0.3 is 9.84 Å². The van der Waals surface area contributed by atoms with Crippen molar-refractivity contribution >= 4 is 5.97 Å². The first-order valence-electron chi connectivity index (χ1n) is 4.36. The number of hydrogen-bond acceptors (Lipinski definition) is 2. The van der Waals surface area contributed by atoms with Gasteiger partial charge in [0.2, 0.25) is 0 Å². The van der Waals surface area contributed by atoms with Gasteiger partial charge in [-0.1, -0.05) is 6.07 Å². The maximum atomic E-state index is 12.7. The molecule has 0 heterocycles. The monoisotopic (exact) mass is 210 g/mol. The summed E-state index contributed by atoms with van der Waals surface area (Å²) in [5, 5.41) is 8.43. The van der Waals surface area contributed by atoms with Gasteiger partial charge in [0, 0.05) is 12.1 Å². The summed E-state index contributed by atoms with van der Waals surface area (Å²) in [5.41, 5.74) is 0.562. The van der Waals surface area contributed by atoms with Crippen LogP contribution in [0.5, 0.6) is 5.75 Å². The third-order valence-electron chi connectivity index (χ3n) is 1.63. The third kappa shape index (κ3) is 4.26. The Morgan fingerprint density at radius 1 is 1.60 bits per heavy atom. The summed E-state index contributed by atoms with van der Waals surface area (Å²) in [6.45, 7) is 1.77. The summed E-state index contributed by atoms with van der Waals surface area (Å²) in [6.07, 6.45) is 1.05. The molecule has 15 heavy (non-hydrogen) atoms. The summed E-state index contributed by atoms with van der Waals surface area (Å²) in [6, 6.07) is 5.69. The molecular formula is C11H11FO3. The zero-order chi connectivity index (χ0) is 11.3. The molecule has 80 valence electrons. The van der Waals surface area contributed by atoms with Crippen LogP contribution in [0.15, 0.2) is 35.9 Å². The molecule has 0 amide bonds. The predicted octanol–water partition coefficient (Wildman–Crippen LogP) is 2.24. The second-order valence-corrected chi connectivity index (χ2v) is 3.07. The average molecular weight is 210 g/mol. The van der Waals surface area contributed by atoms with Crippen molar-refractivity contribution in [2.24, 2.45) is 0 Å². The van der Waals surface area contributed by atoms with E-state index < -0.39 is 5.97 Å². The Morgan fingerprint density at radius 3 is 2.93 bits per heavy atom. The third-order valence-corrected chi connectivity index (χ3v) is 1.63. The molecule has 0 radical (unpaired) electrons. The van der Waals surface area contributed by atoms with Gasteiger partial charge in [0.05, 0.1) is 0 Å². The Kier molecular flexibility index (Phi) is 3.85. The van der Waals surface area contributed by atoms with Gasteiger partial charge >= 0.3 is 5.97 Å². The maximum Gasteiger partial charge on any atom is 0.328 e. The standard InChI is InChI=1S/C11H11FO3/c1-8(5-11(13)14)7-15-10-4-2-3-9(12)6-10/h2-6H,7H2,1H3,(H,13,14). The van der Waals surface area contributed by atoms with Crippen molar-refractivity contribution in [3.63, 3.8) is 0 Å². The molecule has 0 fully saturated rings. The van der Waals surface area contributed by atoms with Crippen LogP contribution in [0.25, 0.3) is 0 Å². The first-order chi connectivity index (χ1) is 7.08. The van der Waals surface area contributed by atoms with Crippen LogP contribution in [0.2, 0.25) is 0 Å². The lowest BCUT2D eigenvalue weighted by Gasteiger charge is -2.05. The van der Waals surface area contributed by atoms with Crippen LogP contribution < -0.4 is 4.74 Å². The Bertz CT molecular complexity index is 385. The lowest BCUT2D eigenvalue weighted by atomic mass is 10.3. The SMILES string of the molecule is CC(=CC(=O)O)COc1cccc(F)c1. The molecule has 0 aromatic heterocycles. The minimum atomic E-state index is -1.02. The molecule has 0 bridgehead atoms. The van der Waals surface area contributed by atoms with E-state index in [0.29, 0.717) is 11.3 Å². The van der Waals surface area contributed by atoms with Crippen LogP contribution in [0.3, 0.4) is 0 Å². The van der Waals surface area contributed by atoms with Gasteiger partial charge in [-0.05, 0) is 24.6 Å². The van der Waals surface area contributed by atoms with Crippen LogP contribution in [0.4, 0.5) is 4.39 Å². The molecule has 1 aromatic carbocycles. The number of rotatable bonds is 4. The number of benzene rings is 1. The topological polar surface area (TPSA) is 46.5 Å². The molecule has 1 rings (SSSR count). The Balaban J connectivity index is 2.54. The molecular weight excluding hydrogens is 199 g/mol. The van der Waals surface area contributed by atoms with Crippen LogP contribution in [0.1, 0.15) is 6.92 Å². The van der Waals surface area contributed by atoms with E-state index >= 15 is 0 Å². The quantitative estimate of drug-likeness (QED) is 0.775. The largest absolute Gasteiger partial charge is 0.489 e. The fourth-order valence-electron chi connectivity index (χ4n) is 1.01. The Hall–Kier alpha value is -1.84. The van der Waals surface area contributed by atoms with Gasteiger partial charge in [0.1, 0.15) is 18.2 Å². The van der Waals surface area contributed by atoms with Crippen LogP contribution in [0, 0.1) is 5.82 Å². The molecule has 0 saturated carbocycles. The number of carbonyl (C=O) groups is 1. The lowest BCUT2D eigenvalue weighted by molar-refractivity contribution is -0.131. The molecule has 0 saturated heterocycles. The fourth-order valence-corrected chi connectivity index (χ4v) is 1.01. The summed E-state index contributed by atoms with van der Waals surface area (Å²) in [5.74, 6) is -1.02. The van der Waals surface area contributed by atoms with E-state index in [4.69, 9.17) is 9.84 Å². The number of hydrogen-bond donors (Lipinski definition) is 1. The molecule has 1 aromatic rings. The van der Waals surface area contributed by atoms with Crippen LogP contribution in [-0.4, -0.2) is 17.7 Å². The second kappa shape index (κ2) is 5.14. The molecule has 0 aliphatic carbocycles. The van der Waals surface area contributed by atoms with Crippen molar-refractivity contribution in [2.45, 2.75) is 6.92 Å². The van der Waals surface area contributed by atoms with Crippen molar-refractivity contribution < 1.29 is 19.0 Å². The van der Waals surface area contributed by atoms with E-state index in [1.54, 1.807) is 13.0 Å². The first kappa shape index (κ1) is 11.2. The zero-order valence-electron chi connectivity index (χ0n) is 8.24. The minimum absolute atomic E-state index is 0.135. The second-order valence-electron chi connectivity index (χ2n) is 3.07. The molecule has 1 N–H and O–H groups in total. The van der Waals surface area contributed by atoms with E-state index in [9.17, 15) is 9.18 Å². The van der Waals surface area contributed by atoms with Gasteiger partial charge in [-0.3, -0.25) is 0 Å². The fraction of sp³-hybridized carbons (Fsp3) is 0.182. The highest BCUT2D eigenvalue weighted by atomic mass is 19.1. The van der Waals surface area contributed by atoms with Crippen molar-refractivity contribution in [1.29, 1.82) is 0 Å². The van der Waals surface area contributed by atoms with Crippen LogP contribution in [-0.2, 0) is 4.79 Å². The maximum absolute atomic E-state index is 12.7. The number of carboxylic acids is 1. The van der Waals surface area contributed by atoms with Crippen LogP contribution >= 0.6 is 0 Å². The van der Waals surface area contributed by atoms with Crippen molar-refractivity contribution in [1.82, 2.24) is 0 Å². The minimum Gasteiger partial charge on any atom is -0.489 e. The number of aliphatic carboxylic acids is 1. The molecule has 4 heteroatoms. The Morgan fingerprint density at radius 2 is 2.33 bits per heavy atom. The highest BCUT2D eigenvalue weighted by molar-refractivity contribution is 5.80. The average Bonchev–Trinajstić information content (AvgIpc) is 2.14. The summed E-state index contributed by atoms with van der Waals surface area (Å²) >= 11 is 0. The van der Waals surface area contributed by atoms with Gasteiger partial charge in [0.25, 0.3) is 0 Å². The highest BCUT2D eigenvalue weighted by Crippen LogP contribution is 2.12. The van der Waals surface area contributed by atoms with E-state index in [0.717, 1.165) is 6.08 Å². The number of ether oxygens (including phenoxy) is 1. The molecule has 0 spiro atoms. The number of halogens is 1. The zero-order valence-corrected chi connectivity index (χ0v) is 8.24. The predicted molar refractivity (Wildman–Crippen MR) is 53.3 cm³/mol. The van der Waals surface area contributed by atoms with Gasteiger partial charge in [-0.2, -0.15) is 0 Å². The summed E-state index contributed by atoms with van der Waals surface area (Å²) < 4.78 is 17.9. The molecule has 0 aliphatic rings. The smallest absolute Gasteiger partial charge is 0.328 e. The highest BCUT2D eigenvalue weighted by Gasteiger charge is 1.98. The van der Waals surface area contributed by atoms with Gasteiger partial charge in [-0.15, -0.1) is 0 Å². The van der Waals surface area contributed by atoms with E-state index in [1.807, 2.05) is 0 Å². The van der Waals surface area contributed by atoms with Crippen molar-refractivity contribution in [2.75, 3.05) is 6.61 Å². The van der Waals surface area contributed by atoms with Gasteiger partial charge in [0.15, 0.2) is 0 Å². The van der Waals surface area contributed by atoms with Crippen molar-refractivity contribution in [3.8, 4) is 5.75 Å². The molecule has 0 aliphatic heterocycles. The molecule has 3 nitrogen and oxygen atoms in total. The lowest BCUT2D eigenvalue weighted by Crippen LogP contribution is -2.01. The Labute approximate surface area is 86.8 Å². The van der Waals surface area contributed by atoms with Gasteiger partial charge in [-0.25, -0.2) is 9.18 Å². The summed E-state index contributed by atoms with van der Waals surface area (Å²) in [7, 11) is 0. The van der Waals surface area contributed by atoms with E-state index in [-0.39, 0.29) is 12.4 Å². The molecule has 0 atom stereocenters. The molecule has 0 unspecified atom stereocenters. The number of carboxylic acid groups (broad SMARTS) is 1. The van der Waals surface area contributed by atoms with E-state index in [2.05, 4.69) is 0 Å². The van der Waals surface area contributed by atoms with E-state index in [1.165, 1.54) is 18.2 Å². The van der Waals surface area contributed by atoms with Crippen molar-refractivity contribution in [3.05, 3.63) is 41.7 Å².